The fourth-order valence-electron chi connectivity index (χ4n) is 3.01. The Kier molecular flexibility index (Phi) is 7.89. The van der Waals surface area contributed by atoms with Gasteiger partial charge in [-0.2, -0.15) is 0 Å². The third-order valence-corrected chi connectivity index (χ3v) is 5.07. The largest absolute Gasteiger partial charge is 0.353 e. The topological polar surface area (TPSA) is 108 Å². The molecule has 2 amide bonds. The highest BCUT2D eigenvalue weighted by molar-refractivity contribution is 5.94. The molecule has 0 bridgehead atoms. The molecular formula is C19H29N5O4. The maximum atomic E-state index is 12.5. The van der Waals surface area contributed by atoms with E-state index in [1.165, 1.54) is 24.3 Å². The van der Waals surface area contributed by atoms with Crippen LogP contribution in [0, 0.1) is 10.1 Å². The molecule has 2 N–H and O–H groups in total. The standard InChI is InChI=1S/C19H29N5O4/c1-4-14(2)20-18(25)13-22-9-11-23(12-10-22)15(3)19(26)21-16-5-7-17(8-6-16)24(27)28/h5-8,14-15H,4,9-13H2,1-3H3,(H,20,25)(H,21,26). The van der Waals surface area contributed by atoms with Gasteiger partial charge in [0, 0.05) is 50.0 Å². The number of carbonyl (C=O) groups is 2. The monoisotopic (exact) mass is 391 g/mol. The van der Waals surface area contributed by atoms with Gasteiger partial charge in [-0.05, 0) is 32.4 Å². The summed E-state index contributed by atoms with van der Waals surface area (Å²) in [6, 6.07) is 5.63. The zero-order valence-corrected chi connectivity index (χ0v) is 16.7. The average Bonchev–Trinajstić information content (AvgIpc) is 2.68. The molecule has 0 saturated carbocycles. The number of non-ortho nitro benzene ring substituents is 1. The lowest BCUT2D eigenvalue weighted by Crippen LogP contribution is -2.54. The lowest BCUT2D eigenvalue weighted by Gasteiger charge is -2.37. The van der Waals surface area contributed by atoms with Crippen LogP contribution >= 0.6 is 0 Å². The van der Waals surface area contributed by atoms with Crippen molar-refractivity contribution in [3.63, 3.8) is 0 Å². The highest BCUT2D eigenvalue weighted by Crippen LogP contribution is 2.16. The van der Waals surface area contributed by atoms with E-state index in [1.807, 2.05) is 20.8 Å². The second-order valence-electron chi connectivity index (χ2n) is 7.16. The van der Waals surface area contributed by atoms with Gasteiger partial charge in [-0.1, -0.05) is 6.92 Å². The van der Waals surface area contributed by atoms with Crippen molar-refractivity contribution >= 4 is 23.2 Å². The number of hydrogen-bond acceptors (Lipinski definition) is 6. The van der Waals surface area contributed by atoms with Crippen molar-refractivity contribution in [2.24, 2.45) is 0 Å². The van der Waals surface area contributed by atoms with Gasteiger partial charge in [-0.3, -0.25) is 29.5 Å². The molecule has 9 nitrogen and oxygen atoms in total. The number of hydrogen-bond donors (Lipinski definition) is 2. The summed E-state index contributed by atoms with van der Waals surface area (Å²) < 4.78 is 0. The van der Waals surface area contributed by atoms with Crippen molar-refractivity contribution in [3.8, 4) is 0 Å². The minimum Gasteiger partial charge on any atom is -0.353 e. The molecule has 2 rings (SSSR count). The van der Waals surface area contributed by atoms with E-state index in [9.17, 15) is 19.7 Å². The van der Waals surface area contributed by atoms with E-state index >= 15 is 0 Å². The van der Waals surface area contributed by atoms with E-state index in [-0.39, 0.29) is 29.6 Å². The lowest BCUT2D eigenvalue weighted by atomic mass is 10.2. The quantitative estimate of drug-likeness (QED) is 0.513. The van der Waals surface area contributed by atoms with Crippen LogP contribution in [0.1, 0.15) is 27.2 Å². The summed E-state index contributed by atoms with van der Waals surface area (Å²) in [4.78, 5) is 38.9. The number of anilines is 1. The predicted molar refractivity (Wildman–Crippen MR) is 107 cm³/mol. The second kappa shape index (κ2) is 10.1. The van der Waals surface area contributed by atoms with Crippen LogP contribution in [0.25, 0.3) is 0 Å². The number of nitro groups is 1. The van der Waals surface area contributed by atoms with Crippen molar-refractivity contribution < 1.29 is 14.5 Å². The number of nitrogens with zero attached hydrogens (tertiary/aromatic N) is 3. The Labute approximate surface area is 165 Å². The van der Waals surface area contributed by atoms with E-state index in [2.05, 4.69) is 20.4 Å². The van der Waals surface area contributed by atoms with Crippen LogP contribution in [0.15, 0.2) is 24.3 Å². The molecule has 0 aromatic heterocycles. The van der Waals surface area contributed by atoms with Crippen molar-refractivity contribution in [2.75, 3.05) is 38.0 Å². The Hall–Kier alpha value is -2.52. The summed E-state index contributed by atoms with van der Waals surface area (Å²) in [6.45, 7) is 9.09. The van der Waals surface area contributed by atoms with Crippen molar-refractivity contribution in [2.45, 2.75) is 39.3 Å². The van der Waals surface area contributed by atoms with E-state index in [1.54, 1.807) is 0 Å². The molecule has 0 aliphatic carbocycles. The molecule has 1 aromatic rings. The molecule has 0 radical (unpaired) electrons. The van der Waals surface area contributed by atoms with Crippen LogP contribution < -0.4 is 10.6 Å². The van der Waals surface area contributed by atoms with Gasteiger partial charge in [0.15, 0.2) is 0 Å². The van der Waals surface area contributed by atoms with E-state index < -0.39 is 4.92 Å². The van der Waals surface area contributed by atoms with Crippen LogP contribution in [0.4, 0.5) is 11.4 Å². The number of amides is 2. The predicted octanol–water partition coefficient (Wildman–Crippen LogP) is 1.45. The Morgan fingerprint density at radius 3 is 2.29 bits per heavy atom. The molecule has 2 atom stereocenters. The molecular weight excluding hydrogens is 362 g/mol. The SMILES string of the molecule is CCC(C)NC(=O)CN1CCN(C(C)C(=O)Nc2ccc([N+](=O)[O-])cc2)CC1. The first kappa shape index (κ1) is 21.8. The van der Waals surface area contributed by atoms with Crippen molar-refractivity contribution in [1.82, 2.24) is 15.1 Å². The fourth-order valence-corrected chi connectivity index (χ4v) is 3.01. The second-order valence-corrected chi connectivity index (χ2v) is 7.16. The van der Waals surface area contributed by atoms with Gasteiger partial charge in [-0.25, -0.2) is 0 Å². The number of benzene rings is 1. The average molecular weight is 391 g/mol. The molecule has 154 valence electrons. The molecule has 1 aromatic carbocycles. The third kappa shape index (κ3) is 6.28. The van der Waals surface area contributed by atoms with Crippen molar-refractivity contribution in [3.05, 3.63) is 34.4 Å². The Morgan fingerprint density at radius 1 is 1.14 bits per heavy atom. The van der Waals surface area contributed by atoms with Crippen LogP contribution in [0.3, 0.4) is 0 Å². The Bertz CT molecular complexity index is 686. The maximum Gasteiger partial charge on any atom is 0.269 e. The number of carbonyl (C=O) groups excluding carboxylic acids is 2. The minimum absolute atomic E-state index is 0.0143. The molecule has 9 heteroatoms. The molecule has 28 heavy (non-hydrogen) atoms. The summed E-state index contributed by atoms with van der Waals surface area (Å²) >= 11 is 0. The van der Waals surface area contributed by atoms with Gasteiger partial charge in [-0.15, -0.1) is 0 Å². The molecule has 1 saturated heterocycles. The first-order chi connectivity index (χ1) is 13.3. The summed E-state index contributed by atoms with van der Waals surface area (Å²) in [7, 11) is 0. The summed E-state index contributed by atoms with van der Waals surface area (Å²) in [5.74, 6) is -0.122. The summed E-state index contributed by atoms with van der Waals surface area (Å²) in [5, 5.41) is 16.5. The van der Waals surface area contributed by atoms with Crippen LogP contribution in [-0.4, -0.2) is 71.3 Å². The van der Waals surface area contributed by atoms with Gasteiger partial charge >= 0.3 is 0 Å². The molecule has 1 aliphatic rings. The molecule has 1 heterocycles. The number of piperazine rings is 1. The van der Waals surface area contributed by atoms with Crippen molar-refractivity contribution in [1.29, 1.82) is 0 Å². The highest BCUT2D eigenvalue weighted by Gasteiger charge is 2.26. The summed E-state index contributed by atoms with van der Waals surface area (Å²) in [5.41, 5.74) is 0.516. The molecule has 1 fully saturated rings. The van der Waals surface area contributed by atoms with Gasteiger partial charge < -0.3 is 10.6 Å². The van der Waals surface area contributed by atoms with E-state index in [4.69, 9.17) is 0 Å². The minimum atomic E-state index is -0.475. The fraction of sp³-hybridized carbons (Fsp3) is 0.579. The first-order valence-corrected chi connectivity index (χ1v) is 9.61. The smallest absolute Gasteiger partial charge is 0.269 e. The van der Waals surface area contributed by atoms with Gasteiger partial charge in [0.25, 0.3) is 5.69 Å². The number of rotatable bonds is 8. The van der Waals surface area contributed by atoms with Gasteiger partial charge in [0.1, 0.15) is 0 Å². The number of nitrogens with one attached hydrogen (secondary N) is 2. The van der Waals surface area contributed by atoms with Gasteiger partial charge in [0.05, 0.1) is 17.5 Å². The van der Waals surface area contributed by atoms with Crippen LogP contribution in [0.5, 0.6) is 0 Å². The van der Waals surface area contributed by atoms with Crippen LogP contribution in [-0.2, 0) is 9.59 Å². The van der Waals surface area contributed by atoms with Gasteiger partial charge in [0.2, 0.25) is 11.8 Å². The maximum absolute atomic E-state index is 12.5. The Balaban J connectivity index is 1.79. The number of nitro benzene ring substituents is 1. The Morgan fingerprint density at radius 2 is 1.75 bits per heavy atom. The third-order valence-electron chi connectivity index (χ3n) is 5.07. The zero-order chi connectivity index (χ0) is 20.7. The zero-order valence-electron chi connectivity index (χ0n) is 16.7. The van der Waals surface area contributed by atoms with Crippen LogP contribution in [0.2, 0.25) is 0 Å². The normalized spacial score (nSPS) is 17.5. The molecule has 2 unspecified atom stereocenters. The lowest BCUT2D eigenvalue weighted by molar-refractivity contribution is -0.384. The summed E-state index contributed by atoms with van der Waals surface area (Å²) in [6.07, 6.45) is 0.904. The molecule has 1 aliphatic heterocycles. The van der Waals surface area contributed by atoms with E-state index in [0.29, 0.717) is 25.3 Å². The first-order valence-electron chi connectivity index (χ1n) is 9.61. The highest BCUT2D eigenvalue weighted by atomic mass is 16.6. The van der Waals surface area contributed by atoms with E-state index in [0.717, 1.165) is 19.5 Å². The molecule has 0 spiro atoms.